The molecule has 1 aromatic heterocycles. The van der Waals surface area contributed by atoms with Crippen molar-refractivity contribution < 1.29 is 19.4 Å². The molecule has 7 nitrogen and oxygen atoms in total. The monoisotopic (exact) mass is 267 g/mol. The quantitative estimate of drug-likeness (QED) is 0.566. The third-order valence-electron chi connectivity index (χ3n) is 2.33. The number of ether oxygens (including phenoxy) is 1. The van der Waals surface area contributed by atoms with Gasteiger partial charge in [-0.3, -0.25) is 4.79 Å². The summed E-state index contributed by atoms with van der Waals surface area (Å²) in [6, 6.07) is 0. The van der Waals surface area contributed by atoms with Crippen LogP contribution in [0, 0.1) is 6.92 Å². The summed E-state index contributed by atoms with van der Waals surface area (Å²) in [4.78, 5) is 30.0. The normalized spacial score (nSPS) is 10.0. The summed E-state index contributed by atoms with van der Waals surface area (Å²) in [5, 5.41) is 11.4. The largest absolute Gasteiger partial charge is 0.481 e. The smallest absolute Gasteiger partial charge is 0.341 e. The number of rotatable bonds is 7. The molecule has 0 aliphatic heterocycles. The Morgan fingerprint density at radius 2 is 2.21 bits per heavy atom. The second-order valence-corrected chi connectivity index (χ2v) is 3.84. The fourth-order valence-corrected chi connectivity index (χ4v) is 1.40. The minimum atomic E-state index is -0.837. The number of esters is 1. The maximum atomic E-state index is 11.5. The second-order valence-electron chi connectivity index (χ2n) is 3.84. The lowest BCUT2D eigenvalue weighted by Crippen LogP contribution is -2.12. The number of carbonyl (C=O) groups excluding carboxylic acids is 1. The molecule has 7 heteroatoms. The van der Waals surface area contributed by atoms with Crippen LogP contribution < -0.4 is 5.32 Å². The first-order chi connectivity index (χ1) is 9.04. The SMILES string of the molecule is CCOC(=O)c1cnc(NCCCC(=O)O)nc1C. The number of hydrogen-bond acceptors (Lipinski definition) is 6. The molecule has 0 atom stereocenters. The Bertz CT molecular complexity index is 462. The van der Waals surface area contributed by atoms with Gasteiger partial charge in [0, 0.05) is 19.2 Å². The zero-order valence-corrected chi connectivity index (χ0v) is 11.0. The molecule has 0 spiro atoms. The molecule has 0 saturated carbocycles. The summed E-state index contributed by atoms with van der Waals surface area (Å²) in [7, 11) is 0. The van der Waals surface area contributed by atoms with Crippen molar-refractivity contribution in [3.8, 4) is 0 Å². The van der Waals surface area contributed by atoms with Gasteiger partial charge >= 0.3 is 11.9 Å². The summed E-state index contributed by atoms with van der Waals surface area (Å²) >= 11 is 0. The van der Waals surface area contributed by atoms with Crippen molar-refractivity contribution in [1.82, 2.24) is 9.97 Å². The number of carbonyl (C=O) groups is 2. The van der Waals surface area contributed by atoms with Gasteiger partial charge in [-0.05, 0) is 20.3 Å². The molecule has 0 aromatic carbocycles. The predicted molar refractivity (Wildman–Crippen MR) is 68.1 cm³/mol. The van der Waals surface area contributed by atoms with E-state index in [0.717, 1.165) is 0 Å². The Labute approximate surface area is 111 Å². The Morgan fingerprint density at radius 1 is 1.47 bits per heavy atom. The Hall–Kier alpha value is -2.18. The van der Waals surface area contributed by atoms with Gasteiger partial charge in [0.1, 0.15) is 0 Å². The molecule has 0 unspecified atom stereocenters. The number of anilines is 1. The molecule has 0 bridgehead atoms. The molecule has 0 saturated heterocycles. The van der Waals surface area contributed by atoms with Crippen LogP contribution >= 0.6 is 0 Å². The molecular formula is C12H17N3O4. The predicted octanol–water partition coefficient (Wildman–Crippen LogP) is 1.24. The number of carboxylic acid groups (broad SMARTS) is 1. The summed E-state index contributed by atoms with van der Waals surface area (Å²) in [5.74, 6) is -0.912. The zero-order valence-electron chi connectivity index (χ0n) is 11.0. The molecule has 1 aromatic rings. The molecule has 2 N–H and O–H groups in total. The summed E-state index contributed by atoms with van der Waals surface area (Å²) < 4.78 is 4.87. The first-order valence-corrected chi connectivity index (χ1v) is 6.01. The molecule has 0 radical (unpaired) electrons. The van der Waals surface area contributed by atoms with E-state index in [9.17, 15) is 9.59 Å². The molecule has 0 aliphatic rings. The van der Waals surface area contributed by atoms with Gasteiger partial charge in [0.15, 0.2) is 0 Å². The molecule has 0 aliphatic carbocycles. The highest BCUT2D eigenvalue weighted by Gasteiger charge is 2.12. The van der Waals surface area contributed by atoms with Gasteiger partial charge in [0.05, 0.1) is 17.9 Å². The third-order valence-corrected chi connectivity index (χ3v) is 2.33. The molecule has 0 amide bonds. The fourth-order valence-electron chi connectivity index (χ4n) is 1.40. The fraction of sp³-hybridized carbons (Fsp3) is 0.500. The molecule has 1 rings (SSSR count). The number of aromatic nitrogens is 2. The van der Waals surface area contributed by atoms with Crippen molar-refractivity contribution in [1.29, 1.82) is 0 Å². The van der Waals surface area contributed by atoms with Crippen LogP contribution in [0.5, 0.6) is 0 Å². The van der Waals surface area contributed by atoms with Crippen LogP contribution in [0.3, 0.4) is 0 Å². The van der Waals surface area contributed by atoms with Crippen molar-refractivity contribution in [2.75, 3.05) is 18.5 Å². The van der Waals surface area contributed by atoms with E-state index in [1.54, 1.807) is 13.8 Å². The van der Waals surface area contributed by atoms with Crippen LogP contribution in [-0.4, -0.2) is 40.2 Å². The van der Waals surface area contributed by atoms with Gasteiger partial charge < -0.3 is 15.2 Å². The number of aryl methyl sites for hydroxylation is 1. The number of carboxylic acids is 1. The number of nitrogens with zero attached hydrogens (tertiary/aromatic N) is 2. The maximum Gasteiger partial charge on any atom is 0.341 e. The molecule has 0 fully saturated rings. The average Bonchev–Trinajstić information content (AvgIpc) is 2.34. The highest BCUT2D eigenvalue weighted by atomic mass is 16.5. The number of hydrogen-bond donors (Lipinski definition) is 2. The van der Waals surface area contributed by atoms with Gasteiger partial charge in [-0.25, -0.2) is 14.8 Å². The van der Waals surface area contributed by atoms with E-state index in [1.807, 2.05) is 0 Å². The van der Waals surface area contributed by atoms with E-state index in [0.29, 0.717) is 36.8 Å². The van der Waals surface area contributed by atoms with Crippen LogP contribution in [0.15, 0.2) is 6.20 Å². The van der Waals surface area contributed by atoms with Gasteiger partial charge in [-0.1, -0.05) is 0 Å². The topological polar surface area (TPSA) is 101 Å². The summed E-state index contributed by atoms with van der Waals surface area (Å²) in [6.45, 7) is 4.18. The lowest BCUT2D eigenvalue weighted by molar-refractivity contribution is -0.137. The Morgan fingerprint density at radius 3 is 2.79 bits per heavy atom. The first-order valence-electron chi connectivity index (χ1n) is 6.01. The lowest BCUT2D eigenvalue weighted by Gasteiger charge is -2.07. The minimum absolute atomic E-state index is 0.0902. The first kappa shape index (κ1) is 14.9. The zero-order chi connectivity index (χ0) is 14.3. The highest BCUT2D eigenvalue weighted by Crippen LogP contribution is 2.08. The van der Waals surface area contributed by atoms with Crippen molar-refractivity contribution in [2.24, 2.45) is 0 Å². The average molecular weight is 267 g/mol. The molecule has 1 heterocycles. The minimum Gasteiger partial charge on any atom is -0.481 e. The maximum absolute atomic E-state index is 11.5. The van der Waals surface area contributed by atoms with Crippen molar-refractivity contribution >= 4 is 17.9 Å². The van der Waals surface area contributed by atoms with Crippen LogP contribution in [0.25, 0.3) is 0 Å². The van der Waals surface area contributed by atoms with Gasteiger partial charge in [0.25, 0.3) is 0 Å². The van der Waals surface area contributed by atoms with E-state index in [4.69, 9.17) is 9.84 Å². The van der Waals surface area contributed by atoms with E-state index >= 15 is 0 Å². The number of nitrogens with one attached hydrogen (secondary N) is 1. The van der Waals surface area contributed by atoms with Crippen molar-refractivity contribution in [3.05, 3.63) is 17.5 Å². The van der Waals surface area contributed by atoms with Crippen molar-refractivity contribution in [3.63, 3.8) is 0 Å². The van der Waals surface area contributed by atoms with E-state index in [2.05, 4.69) is 15.3 Å². The molecule has 19 heavy (non-hydrogen) atoms. The standard InChI is InChI=1S/C12H17N3O4/c1-3-19-11(18)9-7-14-12(15-8(9)2)13-6-4-5-10(16)17/h7H,3-6H2,1-2H3,(H,16,17)(H,13,14,15). The van der Waals surface area contributed by atoms with Crippen LogP contribution in [0.2, 0.25) is 0 Å². The van der Waals surface area contributed by atoms with E-state index in [-0.39, 0.29) is 6.42 Å². The number of aliphatic carboxylic acids is 1. The van der Waals surface area contributed by atoms with Gasteiger partial charge in [-0.2, -0.15) is 0 Å². The van der Waals surface area contributed by atoms with Gasteiger partial charge in [-0.15, -0.1) is 0 Å². The van der Waals surface area contributed by atoms with Gasteiger partial charge in [0.2, 0.25) is 5.95 Å². The summed E-state index contributed by atoms with van der Waals surface area (Å²) in [5.41, 5.74) is 0.854. The Kier molecular flexibility index (Phi) is 5.72. The molecular weight excluding hydrogens is 250 g/mol. The molecule has 104 valence electrons. The van der Waals surface area contributed by atoms with Crippen LogP contribution in [-0.2, 0) is 9.53 Å². The summed E-state index contributed by atoms with van der Waals surface area (Å²) in [6.07, 6.45) is 1.98. The lowest BCUT2D eigenvalue weighted by atomic mass is 10.2. The van der Waals surface area contributed by atoms with Crippen LogP contribution in [0.4, 0.5) is 5.95 Å². The van der Waals surface area contributed by atoms with Crippen molar-refractivity contribution in [2.45, 2.75) is 26.7 Å². The highest BCUT2D eigenvalue weighted by molar-refractivity contribution is 5.90. The van der Waals surface area contributed by atoms with Crippen LogP contribution in [0.1, 0.15) is 35.8 Å². The third kappa shape index (κ3) is 4.90. The Balaban J connectivity index is 2.56. The van der Waals surface area contributed by atoms with E-state index < -0.39 is 11.9 Å². The van der Waals surface area contributed by atoms with E-state index in [1.165, 1.54) is 6.20 Å². The second kappa shape index (κ2) is 7.30.